The molecule has 0 bridgehead atoms. The average Bonchev–Trinajstić information content (AvgIpc) is 2.48. The zero-order valence-electron chi connectivity index (χ0n) is 14.9. The molecule has 0 heteroatoms. The average molecular weight is 296 g/mol. The Morgan fingerprint density at radius 2 is 1.27 bits per heavy atom. The third-order valence-corrected chi connectivity index (χ3v) is 3.89. The van der Waals surface area contributed by atoms with Crippen molar-refractivity contribution in [3.8, 4) is 0 Å². The van der Waals surface area contributed by atoms with E-state index in [4.69, 9.17) is 0 Å². The van der Waals surface area contributed by atoms with Gasteiger partial charge in [0.25, 0.3) is 0 Å². The topological polar surface area (TPSA) is 0 Å². The van der Waals surface area contributed by atoms with Gasteiger partial charge in [0.15, 0.2) is 0 Å². The summed E-state index contributed by atoms with van der Waals surface area (Å²) in [6.45, 7) is 8.86. The van der Waals surface area contributed by atoms with E-state index in [1.165, 1.54) is 48.0 Å². The van der Waals surface area contributed by atoms with Crippen LogP contribution in [0.3, 0.4) is 0 Å². The number of rotatable bonds is 9. The van der Waals surface area contributed by atoms with Gasteiger partial charge in [0, 0.05) is 0 Å². The third kappa shape index (κ3) is 9.39. The van der Waals surface area contributed by atoms with Crippen LogP contribution in [-0.2, 0) is 6.42 Å². The zero-order valence-corrected chi connectivity index (χ0v) is 14.9. The Hall–Kier alpha value is -1.56. The molecule has 0 atom stereocenters. The van der Waals surface area contributed by atoms with E-state index in [-0.39, 0.29) is 0 Å². The van der Waals surface area contributed by atoms with Gasteiger partial charge in [-0.05, 0) is 71.8 Å². The molecule has 0 radical (unpaired) electrons. The van der Waals surface area contributed by atoms with Gasteiger partial charge in [-0.3, -0.25) is 0 Å². The molecule has 1 aromatic rings. The molecule has 0 saturated heterocycles. The summed E-state index contributed by atoms with van der Waals surface area (Å²) in [7, 11) is 0. The number of aryl methyl sites for hydroxylation is 1. The van der Waals surface area contributed by atoms with Crippen LogP contribution in [0.1, 0.15) is 65.4 Å². The molecule has 0 unspecified atom stereocenters. The van der Waals surface area contributed by atoms with E-state index >= 15 is 0 Å². The molecular formula is C22H32. The van der Waals surface area contributed by atoms with E-state index < -0.39 is 0 Å². The van der Waals surface area contributed by atoms with Gasteiger partial charge < -0.3 is 0 Å². The maximum atomic E-state index is 2.41. The summed E-state index contributed by atoms with van der Waals surface area (Å²) in [5, 5.41) is 0. The van der Waals surface area contributed by atoms with Crippen molar-refractivity contribution in [2.45, 2.75) is 66.2 Å². The second kappa shape index (κ2) is 11.1. The Labute approximate surface area is 137 Å². The molecule has 1 rings (SSSR count). The van der Waals surface area contributed by atoms with Gasteiger partial charge in [-0.25, -0.2) is 0 Å². The predicted octanol–water partition coefficient (Wildman–Crippen LogP) is 7.04. The number of hydrogen-bond donors (Lipinski definition) is 0. The standard InChI is InChI=1S/C22H32/c1-19(2)11-8-12-20(3)13-9-14-21(4)15-10-18-22-16-6-5-7-17-22/h5-7,11,13,15-17H,8-10,12,14,18H2,1-4H3/b20-13+,21-15+. The second-order valence-electron chi connectivity index (χ2n) is 6.48. The molecule has 0 aliphatic rings. The van der Waals surface area contributed by atoms with Gasteiger partial charge >= 0.3 is 0 Å². The van der Waals surface area contributed by atoms with Gasteiger partial charge in [0.05, 0.1) is 0 Å². The quantitative estimate of drug-likeness (QED) is 0.429. The fourth-order valence-corrected chi connectivity index (χ4v) is 2.47. The summed E-state index contributed by atoms with van der Waals surface area (Å²) in [5.74, 6) is 0. The minimum Gasteiger partial charge on any atom is -0.0856 e. The minimum absolute atomic E-state index is 1.15. The first-order chi connectivity index (χ1) is 10.6. The Morgan fingerprint density at radius 1 is 0.727 bits per heavy atom. The smallest absolute Gasteiger partial charge is 0.0244 e. The van der Waals surface area contributed by atoms with Crippen LogP contribution in [0.25, 0.3) is 0 Å². The van der Waals surface area contributed by atoms with Crippen molar-refractivity contribution in [2.24, 2.45) is 0 Å². The molecule has 0 saturated carbocycles. The van der Waals surface area contributed by atoms with Crippen molar-refractivity contribution in [2.75, 3.05) is 0 Å². The van der Waals surface area contributed by atoms with E-state index in [1.54, 1.807) is 0 Å². The molecule has 0 fully saturated rings. The van der Waals surface area contributed by atoms with Crippen molar-refractivity contribution >= 4 is 0 Å². The van der Waals surface area contributed by atoms with E-state index in [0.29, 0.717) is 0 Å². The summed E-state index contributed by atoms with van der Waals surface area (Å²) in [4.78, 5) is 0. The zero-order chi connectivity index (χ0) is 16.2. The van der Waals surface area contributed by atoms with Crippen molar-refractivity contribution in [1.29, 1.82) is 0 Å². The summed E-state index contributed by atoms with van der Waals surface area (Å²) in [6.07, 6.45) is 14.2. The van der Waals surface area contributed by atoms with E-state index in [2.05, 4.69) is 76.3 Å². The van der Waals surface area contributed by atoms with E-state index in [1.807, 2.05) is 0 Å². The van der Waals surface area contributed by atoms with Crippen LogP contribution < -0.4 is 0 Å². The lowest BCUT2D eigenvalue weighted by atomic mass is 10.0. The van der Waals surface area contributed by atoms with Crippen LogP contribution in [0, 0.1) is 0 Å². The number of allylic oxidation sites excluding steroid dienone is 6. The van der Waals surface area contributed by atoms with Gasteiger partial charge in [0.1, 0.15) is 0 Å². The highest BCUT2D eigenvalue weighted by Crippen LogP contribution is 2.12. The molecule has 0 N–H and O–H groups in total. The molecule has 0 aromatic heterocycles. The number of hydrogen-bond acceptors (Lipinski definition) is 0. The molecule has 0 aliphatic heterocycles. The van der Waals surface area contributed by atoms with Gasteiger partial charge in [-0.15, -0.1) is 0 Å². The first-order valence-corrected chi connectivity index (χ1v) is 8.56. The lowest BCUT2D eigenvalue weighted by molar-refractivity contribution is 0.903. The van der Waals surface area contributed by atoms with Gasteiger partial charge in [-0.2, -0.15) is 0 Å². The molecule has 22 heavy (non-hydrogen) atoms. The summed E-state index contributed by atoms with van der Waals surface area (Å²) in [6, 6.07) is 10.7. The maximum Gasteiger partial charge on any atom is -0.0244 e. The fraction of sp³-hybridized carbons (Fsp3) is 0.455. The Kier molecular flexibility index (Phi) is 9.30. The molecule has 120 valence electrons. The lowest BCUT2D eigenvalue weighted by Crippen LogP contribution is -1.84. The van der Waals surface area contributed by atoms with E-state index in [0.717, 1.165) is 12.8 Å². The SMILES string of the molecule is CC(C)=CCC/C(C)=C/CC/C(C)=C/CCc1ccccc1. The monoisotopic (exact) mass is 296 g/mol. The predicted molar refractivity (Wildman–Crippen MR) is 100 cm³/mol. The van der Waals surface area contributed by atoms with Crippen LogP contribution in [0.15, 0.2) is 65.3 Å². The van der Waals surface area contributed by atoms with Crippen LogP contribution in [0.2, 0.25) is 0 Å². The third-order valence-electron chi connectivity index (χ3n) is 3.89. The molecule has 1 aromatic carbocycles. The van der Waals surface area contributed by atoms with Crippen LogP contribution in [0.4, 0.5) is 0 Å². The highest BCUT2D eigenvalue weighted by atomic mass is 14.0. The molecule has 0 nitrogen and oxygen atoms in total. The number of benzene rings is 1. The second-order valence-corrected chi connectivity index (χ2v) is 6.48. The summed E-state index contributed by atoms with van der Waals surface area (Å²) in [5.41, 5.74) is 5.89. The van der Waals surface area contributed by atoms with Crippen molar-refractivity contribution in [3.05, 3.63) is 70.8 Å². The maximum absolute atomic E-state index is 2.41. The molecular weight excluding hydrogens is 264 g/mol. The van der Waals surface area contributed by atoms with Crippen LogP contribution in [0.5, 0.6) is 0 Å². The van der Waals surface area contributed by atoms with Crippen molar-refractivity contribution in [3.63, 3.8) is 0 Å². The highest BCUT2D eigenvalue weighted by Gasteiger charge is 1.93. The first kappa shape index (κ1) is 18.5. The molecule has 0 aliphatic carbocycles. The first-order valence-electron chi connectivity index (χ1n) is 8.56. The van der Waals surface area contributed by atoms with Crippen molar-refractivity contribution in [1.82, 2.24) is 0 Å². The minimum atomic E-state index is 1.15. The largest absolute Gasteiger partial charge is 0.0856 e. The van der Waals surface area contributed by atoms with E-state index in [9.17, 15) is 0 Å². The normalized spacial score (nSPS) is 12.4. The summed E-state index contributed by atoms with van der Waals surface area (Å²) < 4.78 is 0. The Bertz CT molecular complexity index is 496. The highest BCUT2D eigenvalue weighted by molar-refractivity contribution is 5.15. The van der Waals surface area contributed by atoms with Crippen LogP contribution in [-0.4, -0.2) is 0 Å². The van der Waals surface area contributed by atoms with Gasteiger partial charge in [-0.1, -0.05) is 65.3 Å². The fourth-order valence-electron chi connectivity index (χ4n) is 2.47. The molecule has 0 amide bonds. The van der Waals surface area contributed by atoms with Crippen LogP contribution >= 0.6 is 0 Å². The van der Waals surface area contributed by atoms with Gasteiger partial charge in [0.2, 0.25) is 0 Å². The lowest BCUT2D eigenvalue weighted by Gasteiger charge is -2.02. The Balaban J connectivity index is 2.22. The summed E-state index contributed by atoms with van der Waals surface area (Å²) >= 11 is 0. The van der Waals surface area contributed by atoms with Crippen molar-refractivity contribution < 1.29 is 0 Å². The molecule has 0 spiro atoms. The molecule has 0 heterocycles. The Morgan fingerprint density at radius 3 is 1.86 bits per heavy atom.